The zero-order valence-electron chi connectivity index (χ0n) is 16.3. The average Bonchev–Trinajstić information content (AvgIpc) is 3.24. The Kier molecular flexibility index (Phi) is 6.36. The lowest BCUT2D eigenvalue weighted by Gasteiger charge is -2.26. The van der Waals surface area contributed by atoms with Gasteiger partial charge >= 0.3 is 0 Å². The molecular weight excluding hydrogens is 354 g/mol. The Bertz CT molecular complexity index is 779. The smallest absolute Gasteiger partial charge is 0.272 e. The van der Waals surface area contributed by atoms with Crippen LogP contribution in [-0.4, -0.2) is 60.0 Å². The van der Waals surface area contributed by atoms with Crippen LogP contribution in [0.15, 0.2) is 36.5 Å². The van der Waals surface area contributed by atoms with Crippen LogP contribution >= 0.6 is 0 Å². The van der Waals surface area contributed by atoms with E-state index in [0.29, 0.717) is 18.3 Å². The summed E-state index contributed by atoms with van der Waals surface area (Å²) in [4.78, 5) is 14.9. The van der Waals surface area contributed by atoms with Gasteiger partial charge in [0.05, 0.1) is 19.3 Å². The minimum absolute atomic E-state index is 0.124. The van der Waals surface area contributed by atoms with Crippen LogP contribution in [0.1, 0.15) is 40.5 Å². The molecule has 2 N–H and O–H groups in total. The summed E-state index contributed by atoms with van der Waals surface area (Å²) in [5.41, 5.74) is 2.85. The van der Waals surface area contributed by atoms with E-state index in [4.69, 9.17) is 4.74 Å². The van der Waals surface area contributed by atoms with E-state index >= 15 is 0 Å². The summed E-state index contributed by atoms with van der Waals surface area (Å²) in [5.74, 6) is -0.124. The molecule has 7 nitrogen and oxygen atoms in total. The van der Waals surface area contributed by atoms with E-state index in [2.05, 4.69) is 44.9 Å². The van der Waals surface area contributed by atoms with Gasteiger partial charge in [-0.05, 0) is 36.6 Å². The summed E-state index contributed by atoms with van der Waals surface area (Å²) in [6.07, 6.45) is 4.16. The molecule has 0 radical (unpaired) electrons. The van der Waals surface area contributed by atoms with Crippen LogP contribution in [0.2, 0.25) is 0 Å². The minimum Gasteiger partial charge on any atom is -0.379 e. The number of nitrogens with zero attached hydrogens (tertiary/aromatic N) is 3. The first-order valence-corrected chi connectivity index (χ1v) is 10.2. The summed E-state index contributed by atoms with van der Waals surface area (Å²) in [6.45, 7) is 6.96. The maximum atomic E-state index is 12.5. The molecule has 2 fully saturated rings. The Balaban J connectivity index is 1.30. The number of benzene rings is 1. The number of nitrogens with one attached hydrogen (secondary N) is 2. The van der Waals surface area contributed by atoms with Crippen molar-refractivity contribution in [2.24, 2.45) is 0 Å². The lowest BCUT2D eigenvalue weighted by atomic mass is 10.1. The number of aromatic nitrogens is 2. The average molecular weight is 383 g/mol. The monoisotopic (exact) mass is 383 g/mol. The van der Waals surface area contributed by atoms with E-state index in [0.717, 1.165) is 64.3 Å². The summed E-state index contributed by atoms with van der Waals surface area (Å²) >= 11 is 0. The molecule has 1 atom stereocenters. The lowest BCUT2D eigenvalue weighted by Crippen LogP contribution is -2.35. The van der Waals surface area contributed by atoms with E-state index in [1.54, 1.807) is 6.07 Å². The normalized spacial score (nSPS) is 20.8. The van der Waals surface area contributed by atoms with Crippen LogP contribution in [0.25, 0.3) is 0 Å². The van der Waals surface area contributed by atoms with Crippen molar-refractivity contribution in [3.63, 3.8) is 0 Å². The third kappa shape index (κ3) is 4.98. The van der Waals surface area contributed by atoms with Gasteiger partial charge in [0, 0.05) is 38.9 Å². The second-order valence-electron chi connectivity index (χ2n) is 7.57. The first-order valence-electron chi connectivity index (χ1n) is 10.2. The maximum Gasteiger partial charge on any atom is 0.272 e. The molecule has 1 aromatic carbocycles. The molecule has 0 saturated carbocycles. The van der Waals surface area contributed by atoms with E-state index in [-0.39, 0.29) is 5.91 Å². The Morgan fingerprint density at radius 1 is 1.25 bits per heavy atom. The van der Waals surface area contributed by atoms with Gasteiger partial charge in [0.2, 0.25) is 0 Å². The molecule has 2 aromatic rings. The highest BCUT2D eigenvalue weighted by Gasteiger charge is 2.17. The highest BCUT2D eigenvalue weighted by Crippen LogP contribution is 2.16. The fourth-order valence-electron chi connectivity index (χ4n) is 3.85. The molecule has 1 unspecified atom stereocenters. The zero-order valence-corrected chi connectivity index (χ0v) is 16.3. The van der Waals surface area contributed by atoms with E-state index in [1.165, 1.54) is 5.56 Å². The van der Waals surface area contributed by atoms with Crippen molar-refractivity contribution in [1.82, 2.24) is 25.3 Å². The molecule has 1 amide bonds. The molecule has 28 heavy (non-hydrogen) atoms. The van der Waals surface area contributed by atoms with Gasteiger partial charge in [-0.15, -0.1) is 0 Å². The Morgan fingerprint density at radius 3 is 2.93 bits per heavy atom. The largest absolute Gasteiger partial charge is 0.379 e. The predicted octanol–water partition coefficient (Wildman–Crippen LogP) is 1.57. The SMILES string of the molecule is O=C(NCc1cccc(CN2CCOCC2)c1)c1ccn(C2CCCNC2)n1. The van der Waals surface area contributed by atoms with Crippen molar-refractivity contribution in [3.8, 4) is 0 Å². The first-order chi connectivity index (χ1) is 13.8. The van der Waals surface area contributed by atoms with E-state index in [9.17, 15) is 4.79 Å². The second kappa shape index (κ2) is 9.32. The third-order valence-electron chi connectivity index (χ3n) is 5.44. The topological polar surface area (TPSA) is 71.4 Å². The molecule has 0 aliphatic carbocycles. The number of hydrogen-bond acceptors (Lipinski definition) is 5. The minimum atomic E-state index is -0.124. The van der Waals surface area contributed by atoms with Gasteiger partial charge in [-0.25, -0.2) is 0 Å². The molecule has 2 saturated heterocycles. The Morgan fingerprint density at radius 2 is 2.11 bits per heavy atom. The van der Waals surface area contributed by atoms with Crippen LogP contribution in [-0.2, 0) is 17.8 Å². The van der Waals surface area contributed by atoms with Crippen molar-refractivity contribution in [3.05, 3.63) is 53.3 Å². The summed E-state index contributed by atoms with van der Waals surface area (Å²) in [6, 6.07) is 10.6. The van der Waals surface area contributed by atoms with Crippen molar-refractivity contribution >= 4 is 5.91 Å². The van der Waals surface area contributed by atoms with Crippen LogP contribution in [0.4, 0.5) is 0 Å². The number of rotatable bonds is 6. The van der Waals surface area contributed by atoms with Gasteiger partial charge < -0.3 is 15.4 Å². The van der Waals surface area contributed by atoms with Crippen LogP contribution in [0.5, 0.6) is 0 Å². The standard InChI is InChI=1S/C21H29N5O2/c27-21(20-6-8-26(24-20)19-5-2-7-22-15-19)23-14-17-3-1-4-18(13-17)16-25-9-11-28-12-10-25/h1,3-4,6,8,13,19,22H,2,5,7,9-12,14-16H2,(H,23,27). The first kappa shape index (κ1) is 19.1. The molecule has 2 aliphatic rings. The number of morpholine rings is 1. The lowest BCUT2D eigenvalue weighted by molar-refractivity contribution is 0.0342. The van der Waals surface area contributed by atoms with Crippen LogP contribution in [0.3, 0.4) is 0 Å². The van der Waals surface area contributed by atoms with E-state index < -0.39 is 0 Å². The van der Waals surface area contributed by atoms with Gasteiger partial charge in [0.1, 0.15) is 5.69 Å². The van der Waals surface area contributed by atoms with Crippen LogP contribution < -0.4 is 10.6 Å². The summed E-state index contributed by atoms with van der Waals surface area (Å²) in [7, 11) is 0. The van der Waals surface area contributed by atoms with Gasteiger partial charge in [0.15, 0.2) is 0 Å². The van der Waals surface area contributed by atoms with Crippen molar-refractivity contribution in [2.45, 2.75) is 32.0 Å². The molecule has 150 valence electrons. The van der Waals surface area contributed by atoms with Gasteiger partial charge in [0.25, 0.3) is 5.91 Å². The van der Waals surface area contributed by atoms with Crippen molar-refractivity contribution in [1.29, 1.82) is 0 Å². The van der Waals surface area contributed by atoms with Crippen molar-refractivity contribution in [2.75, 3.05) is 39.4 Å². The highest BCUT2D eigenvalue weighted by molar-refractivity contribution is 5.92. The fraction of sp³-hybridized carbons (Fsp3) is 0.524. The maximum absolute atomic E-state index is 12.5. The van der Waals surface area contributed by atoms with Crippen molar-refractivity contribution < 1.29 is 9.53 Å². The van der Waals surface area contributed by atoms with Gasteiger partial charge in [-0.2, -0.15) is 5.10 Å². The summed E-state index contributed by atoms with van der Waals surface area (Å²) < 4.78 is 7.33. The van der Waals surface area contributed by atoms with Gasteiger partial charge in [-0.1, -0.05) is 24.3 Å². The number of hydrogen-bond donors (Lipinski definition) is 2. The van der Waals surface area contributed by atoms with Crippen LogP contribution in [0, 0.1) is 0 Å². The third-order valence-corrected chi connectivity index (χ3v) is 5.44. The quantitative estimate of drug-likeness (QED) is 0.792. The number of amides is 1. The zero-order chi connectivity index (χ0) is 19.2. The molecule has 4 rings (SSSR count). The number of ether oxygens (including phenoxy) is 1. The molecule has 1 aromatic heterocycles. The number of piperidine rings is 1. The predicted molar refractivity (Wildman–Crippen MR) is 107 cm³/mol. The molecule has 7 heteroatoms. The van der Waals surface area contributed by atoms with Gasteiger partial charge in [-0.3, -0.25) is 14.4 Å². The molecule has 2 aliphatic heterocycles. The number of carbonyl (C=O) groups is 1. The molecule has 0 bridgehead atoms. The highest BCUT2D eigenvalue weighted by atomic mass is 16.5. The fourth-order valence-corrected chi connectivity index (χ4v) is 3.85. The Labute approximate surface area is 166 Å². The second-order valence-corrected chi connectivity index (χ2v) is 7.57. The molecular formula is C21H29N5O2. The Hall–Kier alpha value is -2.22. The summed E-state index contributed by atoms with van der Waals surface area (Å²) in [5, 5.41) is 10.9. The number of carbonyl (C=O) groups excluding carboxylic acids is 1. The molecule has 3 heterocycles. The van der Waals surface area contributed by atoms with E-state index in [1.807, 2.05) is 10.9 Å². The molecule has 0 spiro atoms.